The van der Waals surface area contributed by atoms with Crippen LogP contribution >= 0.6 is 23.2 Å². The Bertz CT molecular complexity index is 915. The van der Waals surface area contributed by atoms with E-state index in [9.17, 15) is 9.59 Å². The van der Waals surface area contributed by atoms with Gasteiger partial charge in [0.25, 0.3) is 0 Å². The van der Waals surface area contributed by atoms with Crippen molar-refractivity contribution in [1.29, 1.82) is 0 Å². The minimum absolute atomic E-state index is 0.164. The van der Waals surface area contributed by atoms with Crippen LogP contribution < -0.4 is 11.1 Å². The fourth-order valence-corrected chi connectivity index (χ4v) is 2.39. The predicted molar refractivity (Wildman–Crippen MR) is 85.6 cm³/mol. The van der Waals surface area contributed by atoms with E-state index in [4.69, 9.17) is 27.6 Å². The molecule has 22 heavy (non-hydrogen) atoms. The zero-order valence-corrected chi connectivity index (χ0v) is 12.7. The number of fused-ring (bicyclic) bond motifs is 1. The molecule has 0 bridgehead atoms. The Balaban J connectivity index is 1.74. The number of H-pyrrole nitrogens is 1. The number of anilines is 1. The van der Waals surface area contributed by atoms with Gasteiger partial charge in [-0.2, -0.15) is 0 Å². The third-order valence-electron chi connectivity index (χ3n) is 3.05. The summed E-state index contributed by atoms with van der Waals surface area (Å²) in [5, 5.41) is 3.60. The summed E-state index contributed by atoms with van der Waals surface area (Å²) in [6.07, 6.45) is 0.164. The molecule has 0 aliphatic heterocycles. The summed E-state index contributed by atoms with van der Waals surface area (Å²) in [7, 11) is 0. The van der Waals surface area contributed by atoms with Crippen molar-refractivity contribution in [2.75, 3.05) is 5.32 Å². The van der Waals surface area contributed by atoms with Gasteiger partial charge in [0.2, 0.25) is 5.91 Å². The lowest BCUT2D eigenvalue weighted by molar-refractivity contribution is -0.115. The number of benzene rings is 2. The summed E-state index contributed by atoms with van der Waals surface area (Å²) >= 11 is 11.8. The van der Waals surface area contributed by atoms with Crippen molar-refractivity contribution in [3.63, 3.8) is 0 Å². The Morgan fingerprint density at radius 1 is 1.14 bits per heavy atom. The van der Waals surface area contributed by atoms with E-state index in [0.29, 0.717) is 26.8 Å². The van der Waals surface area contributed by atoms with Crippen molar-refractivity contribution < 1.29 is 9.21 Å². The molecule has 0 aliphatic rings. The molecule has 112 valence electrons. The van der Waals surface area contributed by atoms with E-state index < -0.39 is 5.76 Å². The first-order chi connectivity index (χ1) is 10.5. The summed E-state index contributed by atoms with van der Waals surface area (Å²) in [6.45, 7) is 0. The van der Waals surface area contributed by atoms with Gasteiger partial charge in [-0.1, -0.05) is 29.3 Å². The van der Waals surface area contributed by atoms with Crippen molar-refractivity contribution in [2.24, 2.45) is 0 Å². The summed E-state index contributed by atoms with van der Waals surface area (Å²) in [5.74, 6) is -0.738. The van der Waals surface area contributed by atoms with Gasteiger partial charge in [0.1, 0.15) is 0 Å². The first kappa shape index (κ1) is 14.7. The van der Waals surface area contributed by atoms with Crippen LogP contribution in [0.1, 0.15) is 5.56 Å². The van der Waals surface area contributed by atoms with E-state index in [1.807, 2.05) is 0 Å². The van der Waals surface area contributed by atoms with E-state index in [1.165, 1.54) is 0 Å². The third-order valence-corrected chi connectivity index (χ3v) is 3.79. The molecule has 7 heteroatoms. The highest BCUT2D eigenvalue weighted by molar-refractivity contribution is 6.42. The Morgan fingerprint density at radius 2 is 1.95 bits per heavy atom. The zero-order valence-electron chi connectivity index (χ0n) is 11.2. The molecule has 1 aromatic heterocycles. The van der Waals surface area contributed by atoms with Gasteiger partial charge in [0, 0.05) is 5.69 Å². The number of amides is 1. The van der Waals surface area contributed by atoms with Gasteiger partial charge in [0.05, 0.1) is 22.0 Å². The molecule has 2 N–H and O–H groups in total. The smallest absolute Gasteiger partial charge is 0.408 e. The first-order valence-electron chi connectivity index (χ1n) is 6.38. The molecule has 1 amide bonds. The van der Waals surface area contributed by atoms with Gasteiger partial charge in [-0.05, 0) is 35.9 Å². The van der Waals surface area contributed by atoms with Crippen LogP contribution in [0.5, 0.6) is 0 Å². The van der Waals surface area contributed by atoms with Gasteiger partial charge in [0.15, 0.2) is 5.58 Å². The molecule has 0 atom stereocenters. The summed E-state index contributed by atoms with van der Waals surface area (Å²) in [6, 6.07) is 9.94. The second-order valence-corrected chi connectivity index (χ2v) is 5.51. The highest BCUT2D eigenvalue weighted by Crippen LogP contribution is 2.23. The average molecular weight is 337 g/mol. The van der Waals surface area contributed by atoms with E-state index in [-0.39, 0.29) is 12.3 Å². The van der Waals surface area contributed by atoms with E-state index >= 15 is 0 Å². The standard InChI is InChI=1S/C15H10Cl2N2O3/c16-10-3-1-8(5-11(10)17)6-14(20)18-9-2-4-13-12(7-9)19-15(21)22-13/h1-5,7H,6H2,(H,18,20)(H,19,21). The Morgan fingerprint density at radius 3 is 2.73 bits per heavy atom. The van der Waals surface area contributed by atoms with Gasteiger partial charge in [-0.15, -0.1) is 0 Å². The van der Waals surface area contributed by atoms with E-state index in [2.05, 4.69) is 10.3 Å². The molecule has 0 fully saturated rings. The number of halogens is 2. The molecule has 0 saturated carbocycles. The molecule has 0 radical (unpaired) electrons. The number of aromatic nitrogens is 1. The Kier molecular flexibility index (Phi) is 3.92. The van der Waals surface area contributed by atoms with Crippen LogP contribution in [0.25, 0.3) is 11.1 Å². The Labute approximate surface area is 134 Å². The van der Waals surface area contributed by atoms with Gasteiger partial charge in [-0.3, -0.25) is 9.78 Å². The molecule has 3 rings (SSSR count). The van der Waals surface area contributed by atoms with Crippen LogP contribution in [0, 0.1) is 0 Å². The SMILES string of the molecule is O=C(Cc1ccc(Cl)c(Cl)c1)Nc1ccc2oc(=O)[nH]c2c1. The quantitative estimate of drug-likeness (QED) is 0.767. The number of oxazole rings is 1. The lowest BCUT2D eigenvalue weighted by Crippen LogP contribution is -2.14. The van der Waals surface area contributed by atoms with E-state index in [1.54, 1.807) is 36.4 Å². The minimum atomic E-state index is -0.533. The molecule has 1 heterocycles. The molecule has 0 saturated heterocycles. The molecule has 5 nitrogen and oxygen atoms in total. The normalized spacial score (nSPS) is 10.8. The molecule has 0 aliphatic carbocycles. The Hall–Kier alpha value is -2.24. The topological polar surface area (TPSA) is 75.1 Å². The maximum atomic E-state index is 12.0. The number of carbonyl (C=O) groups is 1. The van der Waals surface area contributed by atoms with Crippen molar-refractivity contribution in [3.8, 4) is 0 Å². The van der Waals surface area contributed by atoms with Crippen molar-refractivity contribution in [2.45, 2.75) is 6.42 Å². The van der Waals surface area contributed by atoms with Crippen LogP contribution in [0.15, 0.2) is 45.6 Å². The van der Waals surface area contributed by atoms with Gasteiger partial charge >= 0.3 is 5.76 Å². The molecular formula is C15H10Cl2N2O3. The van der Waals surface area contributed by atoms with Gasteiger partial charge in [-0.25, -0.2) is 4.79 Å². The molecular weight excluding hydrogens is 327 g/mol. The highest BCUT2D eigenvalue weighted by atomic mass is 35.5. The lowest BCUT2D eigenvalue weighted by Gasteiger charge is -2.06. The fourth-order valence-electron chi connectivity index (χ4n) is 2.07. The van der Waals surface area contributed by atoms with E-state index in [0.717, 1.165) is 5.56 Å². The number of rotatable bonds is 3. The summed E-state index contributed by atoms with van der Waals surface area (Å²) in [4.78, 5) is 25.7. The van der Waals surface area contributed by atoms with Crippen LogP contribution in [0.2, 0.25) is 10.0 Å². The average Bonchev–Trinajstić information content (AvgIpc) is 2.82. The van der Waals surface area contributed by atoms with Crippen LogP contribution in [-0.4, -0.2) is 10.9 Å². The number of aromatic amines is 1. The molecule has 0 spiro atoms. The molecule has 0 unspecified atom stereocenters. The maximum Gasteiger partial charge on any atom is 0.417 e. The maximum absolute atomic E-state index is 12.0. The zero-order chi connectivity index (χ0) is 15.7. The summed E-state index contributed by atoms with van der Waals surface area (Å²) < 4.78 is 4.90. The van der Waals surface area contributed by atoms with Crippen molar-refractivity contribution in [3.05, 3.63) is 62.6 Å². The predicted octanol–water partition coefficient (Wildman–Crippen LogP) is 3.61. The van der Waals surface area contributed by atoms with Crippen LogP contribution in [-0.2, 0) is 11.2 Å². The second kappa shape index (κ2) is 5.87. The van der Waals surface area contributed by atoms with Crippen molar-refractivity contribution >= 4 is 45.9 Å². The largest absolute Gasteiger partial charge is 0.417 e. The molecule has 3 aromatic rings. The first-order valence-corrected chi connectivity index (χ1v) is 7.13. The number of hydrogen-bond donors (Lipinski definition) is 2. The molecule has 2 aromatic carbocycles. The number of carbonyl (C=O) groups excluding carboxylic acids is 1. The lowest BCUT2D eigenvalue weighted by atomic mass is 10.1. The monoisotopic (exact) mass is 336 g/mol. The van der Waals surface area contributed by atoms with Crippen LogP contribution in [0.3, 0.4) is 0 Å². The summed E-state index contributed by atoms with van der Waals surface area (Å²) in [5.41, 5.74) is 2.28. The minimum Gasteiger partial charge on any atom is -0.408 e. The highest BCUT2D eigenvalue weighted by Gasteiger charge is 2.08. The number of nitrogens with one attached hydrogen (secondary N) is 2. The number of hydrogen-bond acceptors (Lipinski definition) is 3. The van der Waals surface area contributed by atoms with Crippen LogP contribution in [0.4, 0.5) is 5.69 Å². The fraction of sp³-hybridized carbons (Fsp3) is 0.0667. The van der Waals surface area contributed by atoms with Gasteiger partial charge < -0.3 is 9.73 Å². The van der Waals surface area contributed by atoms with Crippen molar-refractivity contribution in [1.82, 2.24) is 4.98 Å². The second-order valence-electron chi connectivity index (χ2n) is 4.70. The third kappa shape index (κ3) is 3.16.